The highest BCUT2D eigenvalue weighted by molar-refractivity contribution is 4.83. The first-order chi connectivity index (χ1) is 7.70. The molecule has 0 aromatic rings. The van der Waals surface area contributed by atoms with Crippen LogP contribution in [-0.4, -0.2) is 25.9 Å². The summed E-state index contributed by atoms with van der Waals surface area (Å²) >= 11 is 0. The highest BCUT2D eigenvalue weighted by atomic mass is 19.1. The van der Waals surface area contributed by atoms with E-state index in [1.807, 2.05) is 0 Å². The molecule has 1 rings (SSSR count). The van der Waals surface area contributed by atoms with E-state index >= 15 is 0 Å². The first-order valence-corrected chi connectivity index (χ1v) is 6.58. The zero-order valence-electron chi connectivity index (χ0n) is 10.5. The molecule has 0 radical (unpaired) electrons. The third kappa shape index (κ3) is 4.79. The predicted molar refractivity (Wildman–Crippen MR) is 65.2 cm³/mol. The predicted octanol–water partition coefficient (Wildman–Crippen LogP) is 3.05. The second kappa shape index (κ2) is 7.23. The van der Waals surface area contributed by atoms with Gasteiger partial charge in [0.1, 0.15) is 5.67 Å². The van der Waals surface area contributed by atoms with Crippen LogP contribution >= 0.6 is 0 Å². The van der Waals surface area contributed by atoms with E-state index in [9.17, 15) is 4.39 Å². The van der Waals surface area contributed by atoms with Gasteiger partial charge in [0.05, 0.1) is 6.61 Å². The lowest BCUT2D eigenvalue weighted by Gasteiger charge is -2.31. The van der Waals surface area contributed by atoms with Crippen LogP contribution in [-0.2, 0) is 4.74 Å². The van der Waals surface area contributed by atoms with Crippen molar-refractivity contribution in [2.75, 3.05) is 20.3 Å². The second-order valence-electron chi connectivity index (χ2n) is 5.18. The molecular formula is C13H26FNO. The average molecular weight is 231 g/mol. The molecule has 1 saturated carbocycles. The Morgan fingerprint density at radius 1 is 1.31 bits per heavy atom. The standard InChI is InChI=1S/C13H26FNO/c1-16-11-13(14,8-5-9-15)10-12-6-3-2-4-7-12/h12H,2-11,15H2,1H3. The molecule has 0 aliphatic heterocycles. The summed E-state index contributed by atoms with van der Waals surface area (Å²) in [4.78, 5) is 0. The molecule has 1 atom stereocenters. The Morgan fingerprint density at radius 3 is 2.56 bits per heavy atom. The summed E-state index contributed by atoms with van der Waals surface area (Å²) in [7, 11) is 1.58. The van der Waals surface area contributed by atoms with E-state index in [-0.39, 0.29) is 6.61 Å². The smallest absolute Gasteiger partial charge is 0.134 e. The van der Waals surface area contributed by atoms with Gasteiger partial charge in [-0.25, -0.2) is 4.39 Å². The number of alkyl halides is 1. The minimum absolute atomic E-state index is 0.226. The van der Waals surface area contributed by atoms with Crippen LogP contribution in [0.2, 0.25) is 0 Å². The molecule has 2 nitrogen and oxygen atoms in total. The number of hydrogen-bond acceptors (Lipinski definition) is 2. The van der Waals surface area contributed by atoms with Crippen molar-refractivity contribution >= 4 is 0 Å². The monoisotopic (exact) mass is 231 g/mol. The fourth-order valence-electron chi connectivity index (χ4n) is 2.82. The zero-order chi connectivity index (χ0) is 11.9. The molecule has 0 aromatic carbocycles. The molecule has 3 heteroatoms. The van der Waals surface area contributed by atoms with Crippen LogP contribution in [0.1, 0.15) is 51.4 Å². The maximum atomic E-state index is 14.6. The molecule has 0 bridgehead atoms. The highest BCUT2D eigenvalue weighted by Gasteiger charge is 2.32. The van der Waals surface area contributed by atoms with Gasteiger partial charge in [-0.1, -0.05) is 32.1 Å². The minimum atomic E-state index is -1.14. The third-order valence-electron chi connectivity index (χ3n) is 3.61. The number of hydrogen-bond donors (Lipinski definition) is 1. The lowest BCUT2D eigenvalue weighted by molar-refractivity contribution is 0.0103. The Kier molecular flexibility index (Phi) is 6.29. The topological polar surface area (TPSA) is 35.2 Å². The Hall–Kier alpha value is -0.150. The van der Waals surface area contributed by atoms with Crippen LogP contribution in [0.5, 0.6) is 0 Å². The summed E-state index contributed by atoms with van der Waals surface area (Å²) in [6.07, 6.45) is 8.22. The second-order valence-corrected chi connectivity index (χ2v) is 5.18. The Balaban J connectivity index is 2.40. The maximum Gasteiger partial charge on any atom is 0.134 e. The molecule has 96 valence electrons. The maximum absolute atomic E-state index is 14.6. The molecule has 1 aliphatic rings. The van der Waals surface area contributed by atoms with E-state index in [1.54, 1.807) is 7.11 Å². The van der Waals surface area contributed by atoms with Crippen LogP contribution in [0, 0.1) is 5.92 Å². The van der Waals surface area contributed by atoms with Gasteiger partial charge in [0.15, 0.2) is 0 Å². The van der Waals surface area contributed by atoms with Gasteiger partial charge in [-0.2, -0.15) is 0 Å². The van der Waals surface area contributed by atoms with Crippen molar-refractivity contribution in [2.24, 2.45) is 11.7 Å². The molecule has 1 fully saturated rings. The fraction of sp³-hybridized carbons (Fsp3) is 1.00. The van der Waals surface area contributed by atoms with Crippen molar-refractivity contribution in [3.05, 3.63) is 0 Å². The van der Waals surface area contributed by atoms with E-state index in [4.69, 9.17) is 10.5 Å². The third-order valence-corrected chi connectivity index (χ3v) is 3.61. The van der Waals surface area contributed by atoms with Crippen molar-refractivity contribution in [2.45, 2.75) is 57.0 Å². The highest BCUT2D eigenvalue weighted by Crippen LogP contribution is 2.34. The normalized spacial score (nSPS) is 21.9. The van der Waals surface area contributed by atoms with Crippen molar-refractivity contribution in [3.8, 4) is 0 Å². The molecule has 0 amide bonds. The van der Waals surface area contributed by atoms with Gasteiger partial charge in [0.25, 0.3) is 0 Å². The van der Waals surface area contributed by atoms with Gasteiger partial charge in [0.2, 0.25) is 0 Å². The first kappa shape index (κ1) is 13.9. The van der Waals surface area contributed by atoms with Gasteiger partial charge in [-0.05, 0) is 31.7 Å². The number of nitrogens with two attached hydrogens (primary N) is 1. The molecule has 2 N–H and O–H groups in total. The average Bonchev–Trinajstić information content (AvgIpc) is 2.28. The van der Waals surface area contributed by atoms with Crippen LogP contribution < -0.4 is 5.73 Å². The van der Waals surface area contributed by atoms with Crippen molar-refractivity contribution < 1.29 is 9.13 Å². The van der Waals surface area contributed by atoms with Crippen molar-refractivity contribution in [1.29, 1.82) is 0 Å². The van der Waals surface area contributed by atoms with E-state index in [2.05, 4.69) is 0 Å². The Morgan fingerprint density at radius 2 is 2.00 bits per heavy atom. The van der Waals surface area contributed by atoms with Crippen molar-refractivity contribution in [3.63, 3.8) is 0 Å². The quantitative estimate of drug-likeness (QED) is 0.731. The van der Waals surface area contributed by atoms with Crippen LogP contribution in [0.4, 0.5) is 4.39 Å². The summed E-state index contributed by atoms with van der Waals surface area (Å²) < 4.78 is 19.6. The molecule has 0 spiro atoms. The largest absolute Gasteiger partial charge is 0.381 e. The fourth-order valence-corrected chi connectivity index (χ4v) is 2.82. The van der Waals surface area contributed by atoms with Gasteiger partial charge < -0.3 is 10.5 Å². The number of methoxy groups -OCH3 is 1. The molecule has 0 aromatic heterocycles. The molecule has 1 aliphatic carbocycles. The molecule has 1 unspecified atom stereocenters. The summed E-state index contributed by atoms with van der Waals surface area (Å²) in [6, 6.07) is 0. The summed E-state index contributed by atoms with van der Waals surface area (Å²) in [5, 5.41) is 0. The number of ether oxygens (including phenoxy) is 1. The molecule has 16 heavy (non-hydrogen) atoms. The summed E-state index contributed by atoms with van der Waals surface area (Å²) in [5.41, 5.74) is 4.31. The Labute approximate surface area is 98.7 Å². The van der Waals surface area contributed by atoms with E-state index in [1.165, 1.54) is 32.1 Å². The first-order valence-electron chi connectivity index (χ1n) is 6.58. The minimum Gasteiger partial charge on any atom is -0.381 e. The molecular weight excluding hydrogens is 205 g/mol. The number of halogens is 1. The molecule has 0 saturated heterocycles. The summed E-state index contributed by atoms with van der Waals surface area (Å²) in [5.74, 6) is 0.562. The van der Waals surface area contributed by atoms with E-state index in [0.29, 0.717) is 25.3 Å². The van der Waals surface area contributed by atoms with Crippen molar-refractivity contribution in [1.82, 2.24) is 0 Å². The summed E-state index contributed by atoms with van der Waals surface area (Å²) in [6.45, 7) is 0.795. The zero-order valence-corrected chi connectivity index (χ0v) is 10.5. The van der Waals surface area contributed by atoms with E-state index < -0.39 is 5.67 Å². The number of rotatable bonds is 7. The van der Waals surface area contributed by atoms with Gasteiger partial charge in [-0.3, -0.25) is 0 Å². The Bertz CT molecular complexity index is 183. The lowest BCUT2D eigenvalue weighted by atomic mass is 9.80. The van der Waals surface area contributed by atoms with Crippen LogP contribution in [0.25, 0.3) is 0 Å². The van der Waals surface area contributed by atoms with Crippen LogP contribution in [0.15, 0.2) is 0 Å². The van der Waals surface area contributed by atoms with Gasteiger partial charge in [-0.15, -0.1) is 0 Å². The molecule has 0 heterocycles. The lowest BCUT2D eigenvalue weighted by Crippen LogP contribution is -2.33. The van der Waals surface area contributed by atoms with E-state index in [0.717, 1.165) is 6.42 Å². The van der Waals surface area contributed by atoms with Crippen LogP contribution in [0.3, 0.4) is 0 Å². The van der Waals surface area contributed by atoms with Gasteiger partial charge >= 0.3 is 0 Å². The van der Waals surface area contributed by atoms with Gasteiger partial charge in [0, 0.05) is 7.11 Å². The SMILES string of the molecule is COCC(F)(CCCN)CC1CCCCC1.